The summed E-state index contributed by atoms with van der Waals surface area (Å²) < 4.78 is 11.1. The molecule has 1 aliphatic rings. The minimum absolute atomic E-state index is 0.205. The maximum absolute atomic E-state index is 12.9. The highest BCUT2D eigenvalue weighted by atomic mass is 16.7. The van der Waals surface area contributed by atoms with Gasteiger partial charge in [-0.15, -0.1) is 0 Å². The molecular weight excluding hydrogens is 634 g/mol. The number of unbranched alkanes of at least 4 members (excludes halogenated alkanes) is 15. The van der Waals surface area contributed by atoms with Gasteiger partial charge in [0.25, 0.3) is 0 Å². The third-order valence-electron chi connectivity index (χ3n) is 9.08. The Kier molecular flexibility index (Phi) is 29.4. The highest BCUT2D eigenvalue weighted by Gasteiger charge is 2.44. The molecule has 0 radical (unpaired) electrons. The fraction of sp³-hybridized carbons (Fsp3) is 0.780. The van der Waals surface area contributed by atoms with Crippen molar-refractivity contribution in [1.82, 2.24) is 5.32 Å². The van der Waals surface area contributed by atoms with E-state index < -0.39 is 49.5 Å². The quantitative estimate of drug-likeness (QED) is 0.0330. The zero-order valence-corrected chi connectivity index (χ0v) is 31.4. The van der Waals surface area contributed by atoms with Crippen LogP contribution in [-0.2, 0) is 14.3 Å². The van der Waals surface area contributed by atoms with E-state index in [1.807, 2.05) is 6.08 Å². The number of aliphatic hydroxyl groups excluding tert-OH is 5. The fourth-order valence-corrected chi connectivity index (χ4v) is 5.83. The topological polar surface area (TPSA) is 149 Å². The molecule has 0 aromatic rings. The Morgan fingerprint density at radius 2 is 1.18 bits per heavy atom. The van der Waals surface area contributed by atoms with Crippen LogP contribution in [0.25, 0.3) is 0 Å². The van der Waals surface area contributed by atoms with Crippen molar-refractivity contribution >= 4 is 5.91 Å². The van der Waals surface area contributed by atoms with Crippen molar-refractivity contribution in [2.45, 2.75) is 192 Å². The molecule has 0 aromatic carbocycles. The Bertz CT molecular complexity index is 920. The second kappa shape index (κ2) is 31.9. The van der Waals surface area contributed by atoms with Gasteiger partial charge in [-0.2, -0.15) is 0 Å². The third kappa shape index (κ3) is 22.9. The molecule has 6 N–H and O–H groups in total. The number of rotatable bonds is 31. The number of ether oxygens (including phenoxy) is 2. The van der Waals surface area contributed by atoms with E-state index in [1.165, 1.54) is 51.4 Å². The summed E-state index contributed by atoms with van der Waals surface area (Å²) in [6.45, 7) is 3.63. The summed E-state index contributed by atoms with van der Waals surface area (Å²) in [5, 5.41) is 53.8. The van der Waals surface area contributed by atoms with Crippen LogP contribution in [0.1, 0.15) is 149 Å². The number of aliphatic hydroxyl groups is 5. The number of hydrogen-bond acceptors (Lipinski definition) is 8. The van der Waals surface area contributed by atoms with Crippen molar-refractivity contribution < 1.29 is 39.8 Å². The molecular formula is C41H73NO8. The zero-order chi connectivity index (χ0) is 36.7. The van der Waals surface area contributed by atoms with Crippen molar-refractivity contribution in [1.29, 1.82) is 0 Å². The number of carbonyl (C=O) groups is 1. The van der Waals surface area contributed by atoms with Gasteiger partial charge in [-0.3, -0.25) is 4.79 Å². The second-order valence-corrected chi connectivity index (χ2v) is 13.7. The van der Waals surface area contributed by atoms with Gasteiger partial charge in [0.1, 0.15) is 24.4 Å². The predicted octanol–water partition coefficient (Wildman–Crippen LogP) is 7.11. The Labute approximate surface area is 303 Å². The number of carbonyl (C=O) groups excluding carboxylic acids is 1. The molecule has 1 heterocycles. The van der Waals surface area contributed by atoms with E-state index >= 15 is 0 Å². The van der Waals surface area contributed by atoms with Gasteiger partial charge in [0.2, 0.25) is 5.91 Å². The van der Waals surface area contributed by atoms with E-state index in [0.717, 1.165) is 77.0 Å². The first-order chi connectivity index (χ1) is 24.3. The molecule has 0 aromatic heterocycles. The van der Waals surface area contributed by atoms with Crippen LogP contribution in [0.3, 0.4) is 0 Å². The summed E-state index contributed by atoms with van der Waals surface area (Å²) in [5.41, 5.74) is 0. The van der Waals surface area contributed by atoms with Crippen LogP contribution in [-0.4, -0.2) is 87.5 Å². The molecule has 0 saturated carbocycles. The van der Waals surface area contributed by atoms with Crippen molar-refractivity contribution in [3.05, 3.63) is 48.6 Å². The molecule has 50 heavy (non-hydrogen) atoms. The lowest BCUT2D eigenvalue weighted by atomic mass is 9.99. The Hall–Kier alpha value is -1.85. The van der Waals surface area contributed by atoms with E-state index in [9.17, 15) is 30.3 Å². The molecule has 290 valence electrons. The third-order valence-corrected chi connectivity index (χ3v) is 9.08. The molecule has 7 unspecified atom stereocenters. The number of nitrogens with one attached hydrogen (secondary N) is 1. The number of hydrogen-bond donors (Lipinski definition) is 6. The Morgan fingerprint density at radius 3 is 1.76 bits per heavy atom. The summed E-state index contributed by atoms with van der Waals surface area (Å²) in [7, 11) is 0. The molecule has 0 spiro atoms. The largest absolute Gasteiger partial charge is 0.394 e. The molecule has 7 atom stereocenters. The number of allylic oxidation sites excluding steroid dienone is 7. The lowest BCUT2D eigenvalue weighted by Gasteiger charge is -2.40. The van der Waals surface area contributed by atoms with Crippen molar-refractivity contribution in [3.63, 3.8) is 0 Å². The summed E-state index contributed by atoms with van der Waals surface area (Å²) in [4.78, 5) is 12.9. The summed E-state index contributed by atoms with van der Waals surface area (Å²) in [6, 6.07) is -0.829. The number of amides is 1. The van der Waals surface area contributed by atoms with E-state index in [2.05, 4.69) is 55.6 Å². The normalized spacial score (nSPS) is 22.7. The van der Waals surface area contributed by atoms with Gasteiger partial charge in [0.15, 0.2) is 6.29 Å². The Balaban J connectivity index is 2.45. The van der Waals surface area contributed by atoms with Crippen LogP contribution in [0.5, 0.6) is 0 Å². The molecule has 0 aliphatic carbocycles. The summed E-state index contributed by atoms with van der Waals surface area (Å²) in [5.74, 6) is -0.205. The van der Waals surface area contributed by atoms with Crippen molar-refractivity contribution in [3.8, 4) is 0 Å². The van der Waals surface area contributed by atoms with E-state index in [4.69, 9.17) is 9.47 Å². The predicted molar refractivity (Wildman–Crippen MR) is 203 cm³/mol. The standard InChI is InChI=1S/C41H73NO8/c1-3-5-7-9-11-13-15-16-17-18-19-21-23-25-27-29-31-37(45)42-34(33-49-41-40(48)39(47)38(46)36(32-43)50-41)35(44)30-28-26-24-22-20-14-12-10-8-6-4-2/h8,10,17-18,20,22,28,30,34-36,38-41,43-44,46-48H,3-7,9,11-16,19,21,23-27,29,31-33H2,1-2H3,(H,42,45)/b10-8+,18-17-,22-20+,30-28+. The minimum Gasteiger partial charge on any atom is -0.394 e. The van der Waals surface area contributed by atoms with E-state index in [-0.39, 0.29) is 12.5 Å². The molecule has 1 rings (SSSR count). The van der Waals surface area contributed by atoms with Gasteiger partial charge in [0, 0.05) is 6.42 Å². The SMILES string of the molecule is CCC/C=C/CC/C=C/CC/C=C/C(O)C(COC1OC(CO)C(O)C(O)C1O)NC(=O)CCCCCCC/C=C\CCCCCCCCC. The van der Waals surface area contributed by atoms with Crippen LogP contribution in [0.15, 0.2) is 48.6 Å². The molecule has 9 heteroatoms. The molecule has 9 nitrogen and oxygen atoms in total. The van der Waals surface area contributed by atoms with Gasteiger partial charge in [-0.05, 0) is 64.2 Å². The lowest BCUT2D eigenvalue weighted by Crippen LogP contribution is -2.60. The summed E-state index contributed by atoms with van der Waals surface area (Å²) in [6.07, 6.45) is 31.6. The van der Waals surface area contributed by atoms with Crippen LogP contribution < -0.4 is 5.32 Å². The monoisotopic (exact) mass is 708 g/mol. The first-order valence-electron chi connectivity index (χ1n) is 19.9. The first kappa shape index (κ1) is 46.2. The van der Waals surface area contributed by atoms with Crippen LogP contribution in [0, 0.1) is 0 Å². The average Bonchev–Trinajstić information content (AvgIpc) is 3.11. The van der Waals surface area contributed by atoms with Crippen molar-refractivity contribution in [2.24, 2.45) is 0 Å². The zero-order valence-electron chi connectivity index (χ0n) is 31.4. The van der Waals surface area contributed by atoms with Gasteiger partial charge >= 0.3 is 0 Å². The maximum atomic E-state index is 12.9. The highest BCUT2D eigenvalue weighted by molar-refractivity contribution is 5.76. The smallest absolute Gasteiger partial charge is 0.220 e. The lowest BCUT2D eigenvalue weighted by molar-refractivity contribution is -0.302. The maximum Gasteiger partial charge on any atom is 0.220 e. The van der Waals surface area contributed by atoms with E-state index in [1.54, 1.807) is 6.08 Å². The molecule has 1 saturated heterocycles. The summed E-state index contributed by atoms with van der Waals surface area (Å²) >= 11 is 0. The molecule has 1 amide bonds. The average molecular weight is 708 g/mol. The van der Waals surface area contributed by atoms with Gasteiger partial charge in [-0.25, -0.2) is 0 Å². The molecule has 1 fully saturated rings. The fourth-order valence-electron chi connectivity index (χ4n) is 5.83. The highest BCUT2D eigenvalue weighted by Crippen LogP contribution is 2.22. The van der Waals surface area contributed by atoms with Gasteiger partial charge in [0.05, 0.1) is 25.4 Å². The molecule has 1 aliphatic heterocycles. The van der Waals surface area contributed by atoms with E-state index in [0.29, 0.717) is 6.42 Å². The van der Waals surface area contributed by atoms with Crippen LogP contribution in [0.2, 0.25) is 0 Å². The van der Waals surface area contributed by atoms with Gasteiger partial charge in [-0.1, -0.05) is 127 Å². The Morgan fingerprint density at radius 1 is 0.660 bits per heavy atom. The van der Waals surface area contributed by atoms with Crippen molar-refractivity contribution in [2.75, 3.05) is 13.2 Å². The van der Waals surface area contributed by atoms with Crippen LogP contribution in [0.4, 0.5) is 0 Å². The first-order valence-corrected chi connectivity index (χ1v) is 19.9. The van der Waals surface area contributed by atoms with Crippen LogP contribution >= 0.6 is 0 Å². The second-order valence-electron chi connectivity index (χ2n) is 13.7. The minimum atomic E-state index is -1.57. The molecule has 0 bridgehead atoms. The van der Waals surface area contributed by atoms with Gasteiger partial charge < -0.3 is 40.3 Å².